The van der Waals surface area contributed by atoms with Crippen molar-refractivity contribution in [1.82, 2.24) is 4.98 Å². The Bertz CT molecular complexity index is 1120. The van der Waals surface area contributed by atoms with Crippen LogP contribution in [0, 0.1) is 25.2 Å². The number of hydrogen-bond acceptors (Lipinski definition) is 6. The second kappa shape index (κ2) is 8.73. The van der Waals surface area contributed by atoms with Crippen molar-refractivity contribution in [3.8, 4) is 17.6 Å². The molecule has 160 valence electrons. The Morgan fingerprint density at radius 1 is 1.03 bits per heavy atom. The molecule has 0 bridgehead atoms. The van der Waals surface area contributed by atoms with Crippen LogP contribution in [0.25, 0.3) is 10.9 Å². The summed E-state index contributed by atoms with van der Waals surface area (Å²) in [7, 11) is 3.32. The van der Waals surface area contributed by atoms with Crippen molar-refractivity contribution in [3.05, 3.63) is 53.2 Å². The van der Waals surface area contributed by atoms with E-state index in [0.717, 1.165) is 65.3 Å². The van der Waals surface area contributed by atoms with Crippen LogP contribution in [0.1, 0.15) is 29.5 Å². The number of rotatable bonds is 5. The number of ether oxygens (including phenoxy) is 2. The van der Waals surface area contributed by atoms with E-state index in [-0.39, 0.29) is 0 Å². The summed E-state index contributed by atoms with van der Waals surface area (Å²) >= 11 is 0. The lowest BCUT2D eigenvalue weighted by atomic mass is 9.99. The molecule has 2 heterocycles. The maximum Gasteiger partial charge on any atom is 0.124 e. The fraction of sp³-hybridized carbons (Fsp3) is 0.360. The average Bonchev–Trinajstić information content (AvgIpc) is 2.78. The van der Waals surface area contributed by atoms with E-state index >= 15 is 0 Å². The number of methoxy groups -OCH3 is 2. The molecule has 1 aromatic heterocycles. The minimum absolute atomic E-state index is 0.343. The van der Waals surface area contributed by atoms with Crippen LogP contribution in [-0.2, 0) is 0 Å². The lowest BCUT2D eigenvalue weighted by Gasteiger charge is -2.35. The van der Waals surface area contributed by atoms with E-state index in [2.05, 4.69) is 47.3 Å². The smallest absolute Gasteiger partial charge is 0.124 e. The van der Waals surface area contributed by atoms with Crippen molar-refractivity contribution in [3.63, 3.8) is 0 Å². The summed E-state index contributed by atoms with van der Waals surface area (Å²) in [6.07, 6.45) is 3.66. The molecule has 6 heteroatoms. The Kier molecular flexibility index (Phi) is 5.85. The highest BCUT2D eigenvalue weighted by atomic mass is 16.5. The first-order chi connectivity index (χ1) is 15.0. The van der Waals surface area contributed by atoms with Crippen LogP contribution in [0.4, 0.5) is 11.4 Å². The molecule has 0 saturated carbocycles. The molecule has 0 amide bonds. The van der Waals surface area contributed by atoms with E-state index in [1.807, 2.05) is 18.2 Å². The number of pyridine rings is 1. The molecule has 1 aliphatic heterocycles. The highest BCUT2D eigenvalue weighted by molar-refractivity contribution is 5.96. The molecule has 1 saturated heterocycles. The van der Waals surface area contributed by atoms with Gasteiger partial charge >= 0.3 is 0 Å². The molecule has 0 spiro atoms. The van der Waals surface area contributed by atoms with Gasteiger partial charge in [-0.3, -0.25) is 4.98 Å². The summed E-state index contributed by atoms with van der Waals surface area (Å²) in [5.41, 5.74) is 5.95. The summed E-state index contributed by atoms with van der Waals surface area (Å²) in [5.74, 6) is 1.54. The van der Waals surface area contributed by atoms with Gasteiger partial charge in [0.1, 0.15) is 17.6 Å². The largest absolute Gasteiger partial charge is 0.497 e. The Hall–Kier alpha value is -3.46. The first kappa shape index (κ1) is 20.8. The maximum atomic E-state index is 9.74. The van der Waals surface area contributed by atoms with Crippen molar-refractivity contribution in [2.45, 2.75) is 32.7 Å². The van der Waals surface area contributed by atoms with E-state index in [9.17, 15) is 5.26 Å². The Labute approximate surface area is 183 Å². The van der Waals surface area contributed by atoms with Gasteiger partial charge in [-0.25, -0.2) is 0 Å². The monoisotopic (exact) mass is 416 g/mol. The summed E-state index contributed by atoms with van der Waals surface area (Å²) in [5, 5.41) is 14.4. The highest BCUT2D eigenvalue weighted by Crippen LogP contribution is 2.34. The first-order valence-corrected chi connectivity index (χ1v) is 10.6. The molecule has 4 rings (SSSR count). The molecule has 1 N–H and O–H groups in total. The third kappa shape index (κ3) is 4.22. The van der Waals surface area contributed by atoms with E-state index < -0.39 is 0 Å². The first-order valence-electron chi connectivity index (χ1n) is 10.6. The molecule has 2 aromatic carbocycles. The van der Waals surface area contributed by atoms with E-state index in [1.54, 1.807) is 20.4 Å². The molecule has 0 atom stereocenters. The number of piperidine rings is 1. The number of nitriles is 1. The predicted octanol–water partition coefficient (Wildman–Crippen LogP) is 4.82. The molecule has 31 heavy (non-hydrogen) atoms. The van der Waals surface area contributed by atoms with Crippen LogP contribution in [0.5, 0.6) is 11.5 Å². The van der Waals surface area contributed by atoms with Gasteiger partial charge in [0.25, 0.3) is 0 Å². The number of fused-ring (bicyclic) bond motifs is 1. The van der Waals surface area contributed by atoms with E-state index in [4.69, 9.17) is 9.47 Å². The van der Waals surface area contributed by atoms with Crippen molar-refractivity contribution in [2.75, 3.05) is 37.5 Å². The Morgan fingerprint density at radius 3 is 2.32 bits per heavy atom. The number of benzene rings is 2. The number of aryl methyl sites for hydroxylation is 2. The fourth-order valence-corrected chi connectivity index (χ4v) is 4.44. The topological polar surface area (TPSA) is 70.4 Å². The summed E-state index contributed by atoms with van der Waals surface area (Å²) in [6.45, 7) is 5.92. The van der Waals surface area contributed by atoms with Gasteiger partial charge in [-0.1, -0.05) is 11.6 Å². The lowest BCUT2D eigenvalue weighted by molar-refractivity contribution is 0.394. The van der Waals surface area contributed by atoms with E-state index in [1.165, 1.54) is 5.56 Å². The zero-order chi connectivity index (χ0) is 22.0. The standard InChI is InChI=1S/C25H28N4O2/c1-16-9-17(2)24-23(10-16)25(18(14-26)15-27-24)29-7-5-19(6-8-29)28-20-11-21(30-3)13-22(12-20)31-4/h9-13,15,19,28H,5-8H2,1-4H3. The molecule has 1 fully saturated rings. The summed E-state index contributed by atoms with van der Waals surface area (Å²) in [6, 6.07) is 12.8. The molecule has 0 radical (unpaired) electrons. The van der Waals surface area contributed by atoms with Crippen LogP contribution >= 0.6 is 0 Å². The van der Waals surface area contributed by atoms with Crippen molar-refractivity contribution in [2.24, 2.45) is 0 Å². The zero-order valence-electron chi connectivity index (χ0n) is 18.5. The van der Waals surface area contributed by atoms with Crippen LogP contribution in [0.15, 0.2) is 36.5 Å². The predicted molar refractivity (Wildman–Crippen MR) is 124 cm³/mol. The second-order valence-electron chi connectivity index (χ2n) is 8.12. The van der Waals surface area contributed by atoms with Gasteiger partial charge in [-0.05, 0) is 38.3 Å². The van der Waals surface area contributed by atoms with Crippen LogP contribution in [-0.4, -0.2) is 38.3 Å². The minimum Gasteiger partial charge on any atom is -0.497 e. The van der Waals surface area contributed by atoms with Gasteiger partial charge in [0.15, 0.2) is 0 Å². The van der Waals surface area contributed by atoms with Gasteiger partial charge in [0.2, 0.25) is 0 Å². The molecule has 0 aliphatic carbocycles. The number of nitrogens with zero attached hydrogens (tertiary/aromatic N) is 3. The van der Waals surface area contributed by atoms with Crippen molar-refractivity contribution in [1.29, 1.82) is 5.26 Å². The average molecular weight is 417 g/mol. The maximum absolute atomic E-state index is 9.74. The SMILES string of the molecule is COc1cc(NC2CCN(c3c(C#N)cnc4c(C)cc(C)cc34)CC2)cc(OC)c1. The molecule has 1 aliphatic rings. The van der Waals surface area contributed by atoms with Crippen LogP contribution in [0.2, 0.25) is 0 Å². The van der Waals surface area contributed by atoms with E-state index in [0.29, 0.717) is 11.6 Å². The zero-order valence-corrected chi connectivity index (χ0v) is 18.5. The van der Waals surface area contributed by atoms with Crippen molar-refractivity contribution < 1.29 is 9.47 Å². The second-order valence-corrected chi connectivity index (χ2v) is 8.12. The molecule has 0 unspecified atom stereocenters. The van der Waals surface area contributed by atoms with Gasteiger partial charge in [0.05, 0.1) is 31.0 Å². The molecule has 3 aromatic rings. The molecular formula is C25H28N4O2. The third-order valence-electron chi connectivity index (χ3n) is 5.93. The molecule has 6 nitrogen and oxygen atoms in total. The Morgan fingerprint density at radius 2 is 1.71 bits per heavy atom. The van der Waals surface area contributed by atoms with Crippen LogP contribution < -0.4 is 19.7 Å². The van der Waals surface area contributed by atoms with Crippen molar-refractivity contribution >= 4 is 22.3 Å². The van der Waals surface area contributed by atoms with Crippen LogP contribution in [0.3, 0.4) is 0 Å². The highest BCUT2D eigenvalue weighted by Gasteiger charge is 2.24. The van der Waals surface area contributed by atoms with Gasteiger partial charge in [-0.2, -0.15) is 5.26 Å². The molecular weight excluding hydrogens is 388 g/mol. The normalized spacial score (nSPS) is 14.4. The number of anilines is 2. The lowest BCUT2D eigenvalue weighted by Crippen LogP contribution is -2.39. The quantitative estimate of drug-likeness (QED) is 0.643. The third-order valence-corrected chi connectivity index (χ3v) is 5.93. The number of hydrogen-bond donors (Lipinski definition) is 1. The van der Waals surface area contributed by atoms with Gasteiger partial charge in [-0.15, -0.1) is 0 Å². The minimum atomic E-state index is 0.343. The Balaban J connectivity index is 1.56. The fourth-order valence-electron chi connectivity index (χ4n) is 4.44. The van der Waals surface area contributed by atoms with Gasteiger partial charge in [0, 0.05) is 54.6 Å². The summed E-state index contributed by atoms with van der Waals surface area (Å²) < 4.78 is 10.8. The van der Waals surface area contributed by atoms with Gasteiger partial charge < -0.3 is 19.7 Å². The number of aromatic nitrogens is 1. The number of nitrogens with one attached hydrogen (secondary N) is 1. The summed E-state index contributed by atoms with van der Waals surface area (Å²) in [4.78, 5) is 6.91.